The molecule has 9 heteroatoms. The predicted molar refractivity (Wildman–Crippen MR) is 116 cm³/mol. The molecule has 2 heterocycles. The third-order valence-corrected chi connectivity index (χ3v) is 5.22. The molecule has 3 aromatic rings. The van der Waals surface area contributed by atoms with Crippen molar-refractivity contribution < 1.29 is 18.7 Å². The van der Waals surface area contributed by atoms with Gasteiger partial charge < -0.3 is 15.8 Å². The highest BCUT2D eigenvalue weighted by Gasteiger charge is 2.31. The lowest BCUT2D eigenvalue weighted by Crippen LogP contribution is -2.24. The summed E-state index contributed by atoms with van der Waals surface area (Å²) in [6.45, 7) is 1.89. The third kappa shape index (κ3) is 4.86. The minimum absolute atomic E-state index is 0.0910. The molecule has 1 aromatic heterocycles. The zero-order valence-electron chi connectivity index (χ0n) is 17.3. The number of nitrogens with two attached hydrogens (primary N) is 1. The Hall–Kier alpha value is -3.39. The van der Waals surface area contributed by atoms with Gasteiger partial charge in [0.05, 0.1) is 12.8 Å². The molecule has 1 atom stereocenters. The van der Waals surface area contributed by atoms with E-state index in [0.717, 1.165) is 16.8 Å². The fourth-order valence-corrected chi connectivity index (χ4v) is 3.63. The third-order valence-electron chi connectivity index (χ3n) is 4.97. The number of methoxy groups -OCH3 is 1. The summed E-state index contributed by atoms with van der Waals surface area (Å²) < 4.78 is 20.5. The summed E-state index contributed by atoms with van der Waals surface area (Å²) >= 11 is 5.56. The highest BCUT2D eigenvalue weighted by atomic mass is 35.5. The van der Waals surface area contributed by atoms with E-state index in [9.17, 15) is 14.0 Å². The lowest BCUT2D eigenvalue weighted by atomic mass is 9.86. The Bertz CT molecular complexity index is 1130. The van der Waals surface area contributed by atoms with Gasteiger partial charge in [0.25, 0.3) is 0 Å². The number of benzene rings is 2. The van der Waals surface area contributed by atoms with E-state index in [1.807, 2.05) is 6.92 Å². The van der Waals surface area contributed by atoms with Gasteiger partial charge in [-0.1, -0.05) is 17.7 Å². The largest absolute Gasteiger partial charge is 0.494 e. The van der Waals surface area contributed by atoms with E-state index in [1.165, 1.54) is 13.2 Å². The second-order valence-corrected chi connectivity index (χ2v) is 7.48. The Kier molecular flexibility index (Phi) is 6.60. The molecule has 0 aliphatic carbocycles. The van der Waals surface area contributed by atoms with Crippen LogP contribution >= 0.6 is 11.6 Å². The Balaban J connectivity index is 0.000000229. The standard InChI is InChI=1S/C15H16FN3O2.C7H6ClNO/c1-8-14-10(7-13(20)17-15(14)19(2)18-8)9-4-5-12(21-3)11(16)6-9;8-6-3-1-5(2-4-6)7(9)10/h4-6,10H,7H2,1-3H3,(H,17,20);1-4H,(H2,9,10). The number of amides is 2. The Labute approximate surface area is 184 Å². The molecule has 31 heavy (non-hydrogen) atoms. The van der Waals surface area contributed by atoms with Crippen LogP contribution in [-0.2, 0) is 11.8 Å². The maximum atomic E-state index is 13.9. The van der Waals surface area contributed by atoms with Crippen LogP contribution in [0.5, 0.6) is 5.75 Å². The van der Waals surface area contributed by atoms with E-state index in [-0.39, 0.29) is 24.0 Å². The molecule has 0 bridgehead atoms. The molecular weight excluding hydrogens is 423 g/mol. The number of ether oxygens (including phenoxy) is 1. The number of aromatic nitrogens is 2. The van der Waals surface area contributed by atoms with Gasteiger partial charge in [0.15, 0.2) is 11.6 Å². The summed E-state index contributed by atoms with van der Waals surface area (Å²) in [6, 6.07) is 11.2. The van der Waals surface area contributed by atoms with Gasteiger partial charge in [0.2, 0.25) is 11.8 Å². The van der Waals surface area contributed by atoms with Crippen LogP contribution < -0.4 is 15.8 Å². The molecule has 2 aromatic carbocycles. The van der Waals surface area contributed by atoms with E-state index in [0.29, 0.717) is 16.4 Å². The first-order valence-corrected chi connectivity index (χ1v) is 9.81. The van der Waals surface area contributed by atoms with Crippen LogP contribution in [0.1, 0.15) is 39.5 Å². The van der Waals surface area contributed by atoms with Crippen molar-refractivity contribution in [3.8, 4) is 5.75 Å². The molecule has 2 amide bonds. The van der Waals surface area contributed by atoms with Crippen molar-refractivity contribution in [3.63, 3.8) is 0 Å². The second kappa shape index (κ2) is 9.18. The summed E-state index contributed by atoms with van der Waals surface area (Å²) in [7, 11) is 3.21. The van der Waals surface area contributed by atoms with Crippen molar-refractivity contribution >= 4 is 29.2 Å². The molecule has 0 saturated carbocycles. The lowest BCUT2D eigenvalue weighted by molar-refractivity contribution is -0.116. The number of aryl methyl sites for hydroxylation is 2. The summed E-state index contributed by atoms with van der Waals surface area (Å²) in [5, 5.41) is 7.77. The van der Waals surface area contributed by atoms with Gasteiger partial charge in [0.1, 0.15) is 5.82 Å². The predicted octanol–water partition coefficient (Wildman–Crippen LogP) is 3.79. The van der Waals surface area contributed by atoms with Crippen LogP contribution in [0.4, 0.5) is 10.2 Å². The maximum Gasteiger partial charge on any atom is 0.248 e. The minimum Gasteiger partial charge on any atom is -0.494 e. The first kappa shape index (κ1) is 22.3. The topological polar surface area (TPSA) is 99.2 Å². The first-order valence-electron chi connectivity index (χ1n) is 9.43. The molecule has 0 saturated heterocycles. The molecule has 4 rings (SSSR count). The van der Waals surface area contributed by atoms with Gasteiger partial charge in [-0.25, -0.2) is 4.39 Å². The van der Waals surface area contributed by atoms with Gasteiger partial charge in [-0.15, -0.1) is 0 Å². The molecule has 1 aliphatic rings. The van der Waals surface area contributed by atoms with E-state index >= 15 is 0 Å². The summed E-state index contributed by atoms with van der Waals surface area (Å²) in [5.41, 5.74) is 8.00. The van der Waals surface area contributed by atoms with Crippen molar-refractivity contribution in [1.82, 2.24) is 9.78 Å². The van der Waals surface area contributed by atoms with E-state index in [2.05, 4.69) is 10.4 Å². The number of rotatable bonds is 3. The number of nitrogens with one attached hydrogen (secondary N) is 1. The SMILES string of the molecule is COc1ccc(C2CC(=O)Nc3c2c(C)nn3C)cc1F.NC(=O)c1ccc(Cl)cc1. The van der Waals surface area contributed by atoms with E-state index in [4.69, 9.17) is 22.1 Å². The van der Waals surface area contributed by atoms with Crippen molar-refractivity contribution in [2.45, 2.75) is 19.3 Å². The van der Waals surface area contributed by atoms with Crippen molar-refractivity contribution in [2.24, 2.45) is 12.8 Å². The normalized spacial score (nSPS) is 14.7. The number of fused-ring (bicyclic) bond motifs is 1. The van der Waals surface area contributed by atoms with Crippen LogP contribution in [0, 0.1) is 12.7 Å². The molecule has 3 N–H and O–H groups in total. The molecular formula is C22H22ClFN4O3. The summed E-state index contributed by atoms with van der Waals surface area (Å²) in [5.74, 6) is -0.262. The van der Waals surface area contributed by atoms with Crippen LogP contribution in [0.2, 0.25) is 5.02 Å². The molecule has 7 nitrogen and oxygen atoms in total. The van der Waals surface area contributed by atoms with Crippen molar-refractivity contribution in [2.75, 3.05) is 12.4 Å². The van der Waals surface area contributed by atoms with Gasteiger partial charge in [0, 0.05) is 35.5 Å². The molecule has 0 spiro atoms. The number of hydrogen-bond acceptors (Lipinski definition) is 4. The number of primary amides is 1. The number of hydrogen-bond donors (Lipinski definition) is 2. The molecule has 1 unspecified atom stereocenters. The van der Waals surface area contributed by atoms with Gasteiger partial charge in [-0.3, -0.25) is 14.3 Å². The van der Waals surface area contributed by atoms with Crippen LogP contribution in [0.15, 0.2) is 42.5 Å². The van der Waals surface area contributed by atoms with Gasteiger partial charge >= 0.3 is 0 Å². The lowest BCUT2D eigenvalue weighted by Gasteiger charge is -2.24. The average Bonchev–Trinajstić information content (AvgIpc) is 3.01. The Morgan fingerprint density at radius 1 is 1.29 bits per heavy atom. The molecule has 162 valence electrons. The highest BCUT2D eigenvalue weighted by Crippen LogP contribution is 2.39. The fraction of sp³-hybridized carbons (Fsp3) is 0.227. The number of anilines is 1. The number of halogens is 2. The Morgan fingerprint density at radius 3 is 2.55 bits per heavy atom. The Morgan fingerprint density at radius 2 is 1.97 bits per heavy atom. The zero-order valence-corrected chi connectivity index (χ0v) is 18.0. The molecule has 0 fully saturated rings. The molecule has 1 aliphatic heterocycles. The number of nitrogens with zero attached hydrogens (tertiary/aromatic N) is 2. The average molecular weight is 445 g/mol. The van der Waals surface area contributed by atoms with Crippen LogP contribution in [0.3, 0.4) is 0 Å². The van der Waals surface area contributed by atoms with Crippen molar-refractivity contribution in [3.05, 3.63) is 75.7 Å². The number of carbonyl (C=O) groups is 2. The van der Waals surface area contributed by atoms with E-state index in [1.54, 1.807) is 48.1 Å². The van der Waals surface area contributed by atoms with Gasteiger partial charge in [-0.2, -0.15) is 5.10 Å². The minimum atomic E-state index is -0.434. The van der Waals surface area contributed by atoms with Crippen molar-refractivity contribution in [1.29, 1.82) is 0 Å². The monoisotopic (exact) mass is 444 g/mol. The van der Waals surface area contributed by atoms with Crippen LogP contribution in [-0.4, -0.2) is 28.7 Å². The maximum absolute atomic E-state index is 13.9. The smallest absolute Gasteiger partial charge is 0.248 e. The second-order valence-electron chi connectivity index (χ2n) is 7.04. The number of carbonyl (C=O) groups excluding carboxylic acids is 2. The molecule has 0 radical (unpaired) electrons. The summed E-state index contributed by atoms with van der Waals surface area (Å²) in [6.07, 6.45) is 0.283. The van der Waals surface area contributed by atoms with E-state index < -0.39 is 11.7 Å². The zero-order chi connectivity index (χ0) is 22.7. The fourth-order valence-electron chi connectivity index (χ4n) is 3.51. The van der Waals surface area contributed by atoms with Crippen LogP contribution in [0.25, 0.3) is 0 Å². The summed E-state index contributed by atoms with van der Waals surface area (Å²) in [4.78, 5) is 22.4. The quantitative estimate of drug-likeness (QED) is 0.642. The first-order chi connectivity index (χ1) is 14.7. The van der Waals surface area contributed by atoms with Gasteiger partial charge in [-0.05, 0) is 48.9 Å². The highest BCUT2D eigenvalue weighted by molar-refractivity contribution is 6.30.